The molecule has 0 radical (unpaired) electrons. The zero-order valence-electron chi connectivity index (χ0n) is 14.0. The van der Waals surface area contributed by atoms with Crippen LogP contribution >= 0.6 is 0 Å². The highest BCUT2D eigenvalue weighted by molar-refractivity contribution is 5.81. The third kappa shape index (κ3) is 3.80. The van der Waals surface area contributed by atoms with Crippen molar-refractivity contribution in [3.05, 3.63) is 29.3 Å². The Balaban J connectivity index is 2.00. The van der Waals surface area contributed by atoms with Gasteiger partial charge in [-0.05, 0) is 56.9 Å². The molecule has 0 unspecified atom stereocenters. The maximum absolute atomic E-state index is 12.5. The van der Waals surface area contributed by atoms with Crippen LogP contribution in [-0.2, 0) is 4.79 Å². The number of carbonyl (C=O) groups is 1. The number of aryl methyl sites for hydroxylation is 2. The molecule has 1 aliphatic rings. The normalized spacial score (nSPS) is 23.0. The molecule has 4 heteroatoms. The third-order valence-electron chi connectivity index (χ3n) is 4.68. The molecule has 0 heterocycles. The van der Waals surface area contributed by atoms with Crippen molar-refractivity contribution in [2.24, 2.45) is 0 Å². The molecule has 1 saturated carbocycles. The summed E-state index contributed by atoms with van der Waals surface area (Å²) in [5.41, 5.74) is 2.35. The molecule has 0 saturated heterocycles. The lowest BCUT2D eigenvalue weighted by molar-refractivity contribution is -0.142. The second-order valence-corrected chi connectivity index (χ2v) is 6.37. The zero-order valence-corrected chi connectivity index (χ0v) is 14.0. The van der Waals surface area contributed by atoms with Crippen molar-refractivity contribution in [3.63, 3.8) is 0 Å². The molecule has 1 N–H and O–H groups in total. The van der Waals surface area contributed by atoms with Gasteiger partial charge in [-0.2, -0.15) is 0 Å². The second kappa shape index (κ2) is 7.14. The van der Waals surface area contributed by atoms with Crippen molar-refractivity contribution in [2.75, 3.05) is 7.05 Å². The Morgan fingerprint density at radius 3 is 2.59 bits per heavy atom. The Labute approximate surface area is 133 Å². The summed E-state index contributed by atoms with van der Waals surface area (Å²) in [6, 6.07) is 5.75. The number of hydrogen-bond acceptors (Lipinski definition) is 3. The largest absolute Gasteiger partial charge is 0.481 e. The number of carbonyl (C=O) groups excluding carboxylic acids is 1. The lowest BCUT2D eigenvalue weighted by Gasteiger charge is -2.36. The number of hydrogen-bond donors (Lipinski definition) is 1. The summed E-state index contributed by atoms with van der Waals surface area (Å²) in [6.45, 7) is 5.84. The van der Waals surface area contributed by atoms with Crippen LogP contribution in [0.4, 0.5) is 0 Å². The van der Waals surface area contributed by atoms with Crippen LogP contribution < -0.4 is 4.74 Å². The fourth-order valence-corrected chi connectivity index (χ4v) is 3.04. The summed E-state index contributed by atoms with van der Waals surface area (Å²) in [5, 5.41) is 10.1. The Hall–Kier alpha value is -1.55. The summed E-state index contributed by atoms with van der Waals surface area (Å²) in [7, 11) is 1.77. The van der Waals surface area contributed by atoms with E-state index in [1.54, 1.807) is 18.9 Å². The Bertz CT molecular complexity index is 529. The standard InChI is InChI=1S/C18H27NO3/c1-12-9-10-15(11-13(12)2)22-14(3)18(21)19(4)16-7-5-6-8-17(16)20/h9-11,14,16-17,20H,5-8H2,1-4H3/t14-,16-,17+/m1/s1. The predicted octanol–water partition coefficient (Wildman–Crippen LogP) is 2.83. The maximum atomic E-state index is 12.5. The van der Waals surface area contributed by atoms with E-state index in [9.17, 15) is 9.90 Å². The fraction of sp³-hybridized carbons (Fsp3) is 0.611. The average molecular weight is 305 g/mol. The van der Waals surface area contributed by atoms with Crippen LogP contribution in [0.15, 0.2) is 18.2 Å². The maximum Gasteiger partial charge on any atom is 0.263 e. The van der Waals surface area contributed by atoms with Gasteiger partial charge >= 0.3 is 0 Å². The minimum absolute atomic E-state index is 0.0795. The van der Waals surface area contributed by atoms with E-state index in [0.717, 1.165) is 31.2 Å². The van der Waals surface area contributed by atoms with Crippen LogP contribution in [0, 0.1) is 13.8 Å². The Kier molecular flexibility index (Phi) is 5.46. The van der Waals surface area contributed by atoms with E-state index >= 15 is 0 Å². The molecule has 1 aromatic carbocycles. The Morgan fingerprint density at radius 2 is 1.95 bits per heavy atom. The van der Waals surface area contributed by atoms with Crippen LogP contribution in [0.3, 0.4) is 0 Å². The smallest absolute Gasteiger partial charge is 0.263 e. The van der Waals surface area contributed by atoms with Gasteiger partial charge in [-0.15, -0.1) is 0 Å². The quantitative estimate of drug-likeness (QED) is 0.930. The van der Waals surface area contributed by atoms with Crippen molar-refractivity contribution < 1.29 is 14.6 Å². The van der Waals surface area contributed by atoms with E-state index in [-0.39, 0.29) is 11.9 Å². The van der Waals surface area contributed by atoms with Crippen LogP contribution in [0.2, 0.25) is 0 Å². The number of nitrogens with zero attached hydrogens (tertiary/aromatic N) is 1. The second-order valence-electron chi connectivity index (χ2n) is 6.37. The number of aliphatic hydroxyl groups excluding tert-OH is 1. The van der Waals surface area contributed by atoms with Crippen LogP contribution in [-0.4, -0.2) is 41.2 Å². The Morgan fingerprint density at radius 1 is 1.27 bits per heavy atom. The molecule has 0 aromatic heterocycles. The van der Waals surface area contributed by atoms with Gasteiger partial charge < -0.3 is 14.7 Å². The number of benzene rings is 1. The van der Waals surface area contributed by atoms with Gasteiger partial charge in [-0.3, -0.25) is 4.79 Å². The first-order chi connectivity index (χ1) is 10.4. The topological polar surface area (TPSA) is 49.8 Å². The van der Waals surface area contributed by atoms with Crippen molar-refractivity contribution in [3.8, 4) is 5.75 Å². The highest BCUT2D eigenvalue weighted by Gasteiger charge is 2.31. The van der Waals surface area contributed by atoms with E-state index in [1.165, 1.54) is 5.56 Å². The summed E-state index contributed by atoms with van der Waals surface area (Å²) in [4.78, 5) is 14.2. The third-order valence-corrected chi connectivity index (χ3v) is 4.68. The van der Waals surface area contributed by atoms with Gasteiger partial charge in [0.1, 0.15) is 5.75 Å². The number of likely N-dealkylation sites (N-methyl/N-ethyl adjacent to an activating group) is 1. The molecule has 122 valence electrons. The molecular weight excluding hydrogens is 278 g/mol. The minimum Gasteiger partial charge on any atom is -0.481 e. The molecule has 0 bridgehead atoms. The number of rotatable bonds is 4. The molecule has 4 nitrogen and oxygen atoms in total. The lowest BCUT2D eigenvalue weighted by atomic mass is 9.91. The summed E-state index contributed by atoms with van der Waals surface area (Å²) in [5.74, 6) is 0.630. The molecule has 0 aliphatic heterocycles. The first-order valence-electron chi connectivity index (χ1n) is 8.09. The van der Waals surface area contributed by atoms with Gasteiger partial charge in [0.25, 0.3) is 5.91 Å². The molecular formula is C18H27NO3. The van der Waals surface area contributed by atoms with E-state index in [2.05, 4.69) is 0 Å². The van der Waals surface area contributed by atoms with Crippen molar-refractivity contribution in [1.29, 1.82) is 0 Å². The number of aliphatic hydroxyl groups is 1. The van der Waals surface area contributed by atoms with Gasteiger partial charge in [-0.25, -0.2) is 0 Å². The molecule has 1 aliphatic carbocycles. The van der Waals surface area contributed by atoms with Gasteiger partial charge in [0, 0.05) is 7.05 Å². The summed E-state index contributed by atoms with van der Waals surface area (Å²) in [6.07, 6.45) is 2.76. The van der Waals surface area contributed by atoms with Crippen molar-refractivity contribution >= 4 is 5.91 Å². The van der Waals surface area contributed by atoms with E-state index in [4.69, 9.17) is 4.74 Å². The summed E-state index contributed by atoms with van der Waals surface area (Å²) >= 11 is 0. The fourth-order valence-electron chi connectivity index (χ4n) is 3.04. The molecule has 1 aromatic rings. The van der Waals surface area contributed by atoms with E-state index < -0.39 is 12.2 Å². The SMILES string of the molecule is Cc1ccc(O[C@H](C)C(=O)N(C)[C@@H]2CCCC[C@@H]2O)cc1C. The first-order valence-corrected chi connectivity index (χ1v) is 8.09. The van der Waals surface area contributed by atoms with Gasteiger partial charge in [0.2, 0.25) is 0 Å². The van der Waals surface area contributed by atoms with Crippen molar-refractivity contribution in [2.45, 2.75) is 64.7 Å². The van der Waals surface area contributed by atoms with E-state index in [0.29, 0.717) is 5.75 Å². The summed E-state index contributed by atoms with van der Waals surface area (Å²) < 4.78 is 5.79. The molecule has 3 atom stereocenters. The van der Waals surface area contributed by atoms with Crippen LogP contribution in [0.5, 0.6) is 5.75 Å². The minimum atomic E-state index is -0.554. The van der Waals surface area contributed by atoms with E-state index in [1.807, 2.05) is 32.0 Å². The van der Waals surface area contributed by atoms with Gasteiger partial charge in [0.05, 0.1) is 12.1 Å². The monoisotopic (exact) mass is 305 g/mol. The van der Waals surface area contributed by atoms with Gasteiger partial charge in [-0.1, -0.05) is 18.9 Å². The number of amides is 1. The molecule has 1 amide bonds. The lowest BCUT2D eigenvalue weighted by Crippen LogP contribution is -2.50. The first kappa shape index (κ1) is 16.8. The molecule has 0 spiro atoms. The molecule has 1 fully saturated rings. The highest BCUT2D eigenvalue weighted by atomic mass is 16.5. The number of ether oxygens (including phenoxy) is 1. The van der Waals surface area contributed by atoms with Crippen LogP contribution in [0.25, 0.3) is 0 Å². The predicted molar refractivity (Wildman–Crippen MR) is 87.0 cm³/mol. The van der Waals surface area contributed by atoms with Crippen molar-refractivity contribution in [1.82, 2.24) is 4.90 Å². The molecule has 22 heavy (non-hydrogen) atoms. The average Bonchev–Trinajstić information content (AvgIpc) is 2.50. The van der Waals surface area contributed by atoms with Crippen LogP contribution in [0.1, 0.15) is 43.7 Å². The highest BCUT2D eigenvalue weighted by Crippen LogP contribution is 2.24. The van der Waals surface area contributed by atoms with Gasteiger partial charge in [0.15, 0.2) is 6.10 Å². The zero-order chi connectivity index (χ0) is 16.3. The molecule has 2 rings (SSSR count).